The van der Waals surface area contributed by atoms with Gasteiger partial charge in [-0.2, -0.15) is 0 Å². The molecule has 0 atom stereocenters. The summed E-state index contributed by atoms with van der Waals surface area (Å²) in [6.45, 7) is 0.614. The summed E-state index contributed by atoms with van der Waals surface area (Å²) in [6.07, 6.45) is 3.42. The van der Waals surface area contributed by atoms with Gasteiger partial charge in [0.2, 0.25) is 0 Å². The van der Waals surface area contributed by atoms with Gasteiger partial charge in [0, 0.05) is 11.6 Å². The number of hydrogen-bond acceptors (Lipinski definition) is 4. The summed E-state index contributed by atoms with van der Waals surface area (Å²) in [5, 5.41) is 4.22. The Kier molecular flexibility index (Phi) is 2.61. The predicted octanol–water partition coefficient (Wildman–Crippen LogP) is 3.02. The fourth-order valence-corrected chi connectivity index (χ4v) is 1.92. The van der Waals surface area contributed by atoms with Crippen LogP contribution in [0.3, 0.4) is 0 Å². The molecule has 18 heavy (non-hydrogen) atoms. The number of fused-ring (bicyclic) bond motifs is 1. The van der Waals surface area contributed by atoms with Crippen molar-refractivity contribution < 1.29 is 4.42 Å². The smallest absolute Gasteiger partial charge is 0.122 e. The van der Waals surface area contributed by atoms with Gasteiger partial charge in [-0.05, 0) is 36.4 Å². The molecule has 4 heteroatoms. The van der Waals surface area contributed by atoms with Gasteiger partial charge >= 0.3 is 0 Å². The van der Waals surface area contributed by atoms with Crippen LogP contribution in [0.2, 0.25) is 0 Å². The normalized spacial score (nSPS) is 10.7. The average molecular weight is 239 g/mol. The van der Waals surface area contributed by atoms with Gasteiger partial charge in [0.05, 0.1) is 29.7 Å². The van der Waals surface area contributed by atoms with Crippen molar-refractivity contribution in [2.45, 2.75) is 6.54 Å². The van der Waals surface area contributed by atoms with Crippen molar-refractivity contribution >= 4 is 22.3 Å². The van der Waals surface area contributed by atoms with Crippen molar-refractivity contribution in [3.63, 3.8) is 0 Å². The molecule has 0 saturated carbocycles. The van der Waals surface area contributed by atoms with E-state index in [9.17, 15) is 0 Å². The molecule has 0 aliphatic rings. The Bertz CT molecular complexity index is 662. The van der Waals surface area contributed by atoms with Crippen LogP contribution in [0.15, 0.2) is 53.3 Å². The van der Waals surface area contributed by atoms with Gasteiger partial charge in [-0.25, -0.2) is 0 Å². The third-order valence-electron chi connectivity index (χ3n) is 2.86. The third-order valence-corrected chi connectivity index (χ3v) is 2.86. The van der Waals surface area contributed by atoms with Gasteiger partial charge in [0.1, 0.15) is 5.76 Å². The Labute approximate surface area is 104 Å². The Morgan fingerprint density at radius 1 is 1.17 bits per heavy atom. The molecule has 4 nitrogen and oxygen atoms in total. The number of nitrogen functional groups attached to an aromatic ring is 1. The fraction of sp³-hybridized carbons (Fsp3) is 0.0714. The van der Waals surface area contributed by atoms with Gasteiger partial charge in [-0.3, -0.25) is 4.98 Å². The van der Waals surface area contributed by atoms with Gasteiger partial charge in [-0.1, -0.05) is 0 Å². The number of hydrogen-bond donors (Lipinski definition) is 2. The first-order valence-electron chi connectivity index (χ1n) is 5.74. The fourth-order valence-electron chi connectivity index (χ4n) is 1.92. The highest BCUT2D eigenvalue weighted by atomic mass is 16.3. The van der Waals surface area contributed by atoms with Gasteiger partial charge in [-0.15, -0.1) is 0 Å². The summed E-state index contributed by atoms with van der Waals surface area (Å²) in [5.41, 5.74) is 8.64. The van der Waals surface area contributed by atoms with Crippen LogP contribution in [0.1, 0.15) is 5.76 Å². The SMILES string of the molecule is Nc1c(NCc2ccco2)ccc2ncccc12. The molecule has 90 valence electrons. The lowest BCUT2D eigenvalue weighted by molar-refractivity contribution is 0.518. The molecule has 0 spiro atoms. The minimum absolute atomic E-state index is 0.614. The molecule has 0 aliphatic carbocycles. The number of anilines is 2. The van der Waals surface area contributed by atoms with Crippen LogP contribution in [0.5, 0.6) is 0 Å². The summed E-state index contributed by atoms with van der Waals surface area (Å²) in [7, 11) is 0. The van der Waals surface area contributed by atoms with Crippen molar-refractivity contribution in [2.24, 2.45) is 0 Å². The van der Waals surface area contributed by atoms with E-state index in [-0.39, 0.29) is 0 Å². The molecular formula is C14H13N3O. The Morgan fingerprint density at radius 2 is 2.11 bits per heavy atom. The Balaban J connectivity index is 1.90. The van der Waals surface area contributed by atoms with E-state index < -0.39 is 0 Å². The molecule has 1 aromatic carbocycles. The predicted molar refractivity (Wildman–Crippen MR) is 72.2 cm³/mol. The maximum absolute atomic E-state index is 6.13. The number of pyridine rings is 1. The molecule has 0 amide bonds. The topological polar surface area (TPSA) is 64.1 Å². The third kappa shape index (κ3) is 1.88. The number of nitrogens with two attached hydrogens (primary N) is 1. The molecule has 0 bridgehead atoms. The van der Waals surface area contributed by atoms with E-state index in [0.717, 1.165) is 22.4 Å². The van der Waals surface area contributed by atoms with Crippen molar-refractivity contribution in [1.29, 1.82) is 0 Å². The largest absolute Gasteiger partial charge is 0.467 e. The number of nitrogens with zero attached hydrogens (tertiary/aromatic N) is 1. The van der Waals surface area contributed by atoms with Crippen LogP contribution in [-0.4, -0.2) is 4.98 Å². The Morgan fingerprint density at radius 3 is 2.94 bits per heavy atom. The maximum Gasteiger partial charge on any atom is 0.122 e. The molecule has 0 radical (unpaired) electrons. The van der Waals surface area contributed by atoms with E-state index in [2.05, 4.69) is 10.3 Å². The van der Waals surface area contributed by atoms with Crippen LogP contribution in [0.25, 0.3) is 10.9 Å². The van der Waals surface area contributed by atoms with E-state index in [1.54, 1.807) is 12.5 Å². The Hall–Kier alpha value is -2.49. The average Bonchev–Trinajstić information content (AvgIpc) is 2.91. The number of benzene rings is 1. The molecule has 0 unspecified atom stereocenters. The highest BCUT2D eigenvalue weighted by Gasteiger charge is 2.05. The van der Waals surface area contributed by atoms with Crippen molar-refractivity contribution in [2.75, 3.05) is 11.1 Å². The first kappa shape index (κ1) is 10.7. The first-order valence-corrected chi connectivity index (χ1v) is 5.74. The van der Waals surface area contributed by atoms with Crippen LogP contribution in [0.4, 0.5) is 11.4 Å². The lowest BCUT2D eigenvalue weighted by Gasteiger charge is -2.10. The summed E-state index contributed by atoms with van der Waals surface area (Å²) in [4.78, 5) is 4.27. The van der Waals surface area contributed by atoms with Crippen LogP contribution in [-0.2, 0) is 6.54 Å². The second-order valence-corrected chi connectivity index (χ2v) is 4.03. The zero-order chi connectivity index (χ0) is 12.4. The van der Waals surface area contributed by atoms with E-state index in [1.165, 1.54) is 0 Å². The highest BCUT2D eigenvalue weighted by molar-refractivity contribution is 5.96. The number of aromatic nitrogens is 1. The quantitative estimate of drug-likeness (QED) is 0.689. The standard InChI is InChI=1S/C14H13N3O/c15-14-11-4-1-7-16-12(11)5-6-13(14)17-9-10-3-2-8-18-10/h1-8,17H,9,15H2. The van der Waals surface area contributed by atoms with E-state index >= 15 is 0 Å². The second-order valence-electron chi connectivity index (χ2n) is 4.03. The van der Waals surface area contributed by atoms with E-state index in [4.69, 9.17) is 10.2 Å². The first-order chi connectivity index (χ1) is 8.84. The monoisotopic (exact) mass is 239 g/mol. The molecule has 3 N–H and O–H groups in total. The summed E-state index contributed by atoms with van der Waals surface area (Å²) >= 11 is 0. The van der Waals surface area contributed by atoms with Gasteiger partial charge in [0.15, 0.2) is 0 Å². The lowest BCUT2D eigenvalue weighted by Crippen LogP contribution is -2.02. The van der Waals surface area contributed by atoms with Crippen molar-refractivity contribution in [3.05, 3.63) is 54.6 Å². The molecule has 2 heterocycles. The van der Waals surface area contributed by atoms with Crippen LogP contribution < -0.4 is 11.1 Å². The summed E-state index contributed by atoms with van der Waals surface area (Å²) in [5.74, 6) is 0.876. The van der Waals surface area contributed by atoms with E-state index in [1.807, 2.05) is 36.4 Å². The minimum atomic E-state index is 0.614. The van der Waals surface area contributed by atoms with Crippen molar-refractivity contribution in [3.8, 4) is 0 Å². The number of nitrogens with one attached hydrogen (secondary N) is 1. The molecule has 3 aromatic rings. The lowest BCUT2D eigenvalue weighted by atomic mass is 10.1. The molecule has 0 saturated heterocycles. The number of furan rings is 1. The van der Waals surface area contributed by atoms with Crippen LogP contribution in [0, 0.1) is 0 Å². The van der Waals surface area contributed by atoms with Gasteiger partial charge < -0.3 is 15.5 Å². The zero-order valence-electron chi connectivity index (χ0n) is 9.76. The molecular weight excluding hydrogens is 226 g/mol. The zero-order valence-corrected chi connectivity index (χ0v) is 9.76. The minimum Gasteiger partial charge on any atom is -0.467 e. The number of rotatable bonds is 3. The van der Waals surface area contributed by atoms with Crippen molar-refractivity contribution in [1.82, 2.24) is 4.98 Å². The van der Waals surface area contributed by atoms with Crippen LogP contribution >= 0.6 is 0 Å². The maximum atomic E-state index is 6.13. The highest BCUT2D eigenvalue weighted by Crippen LogP contribution is 2.27. The van der Waals surface area contributed by atoms with E-state index in [0.29, 0.717) is 12.2 Å². The summed E-state index contributed by atoms with van der Waals surface area (Å²) in [6, 6.07) is 11.5. The molecule has 2 aromatic heterocycles. The molecule has 3 rings (SSSR count). The van der Waals surface area contributed by atoms with Gasteiger partial charge in [0.25, 0.3) is 0 Å². The molecule has 0 aliphatic heterocycles. The summed E-state index contributed by atoms with van der Waals surface area (Å²) < 4.78 is 5.27. The second kappa shape index (κ2) is 4.41. The molecule has 0 fully saturated rings.